The Morgan fingerprint density at radius 3 is 2.65 bits per heavy atom. The predicted octanol–water partition coefficient (Wildman–Crippen LogP) is 4.76. The number of nitrogens with zero attached hydrogens (tertiary/aromatic N) is 2. The second-order valence-corrected chi connectivity index (χ2v) is 11.8. The van der Waals surface area contributed by atoms with Gasteiger partial charge < -0.3 is 15.5 Å². The third kappa shape index (κ3) is 6.44. The molecule has 1 amide bonds. The lowest BCUT2D eigenvalue weighted by molar-refractivity contribution is 0.0954. The van der Waals surface area contributed by atoms with E-state index in [4.69, 9.17) is 16.7 Å². The summed E-state index contributed by atoms with van der Waals surface area (Å²) in [5.74, 6) is 0.648. The van der Waals surface area contributed by atoms with Crippen molar-refractivity contribution in [1.29, 1.82) is 0 Å². The van der Waals surface area contributed by atoms with E-state index < -0.39 is 10.0 Å². The van der Waals surface area contributed by atoms with E-state index in [0.717, 1.165) is 52.9 Å². The van der Waals surface area contributed by atoms with Crippen LogP contribution < -0.4 is 20.7 Å². The molecule has 0 saturated carbocycles. The normalized spacial score (nSPS) is 12.9. The van der Waals surface area contributed by atoms with Gasteiger partial charge in [-0.15, -0.1) is 0 Å². The second-order valence-electron chi connectivity index (χ2n) is 9.79. The molecular weight excluding hydrogens is 546 g/mol. The maximum absolute atomic E-state index is 12.9. The summed E-state index contributed by atoms with van der Waals surface area (Å²) in [5, 5.41) is 12.2. The smallest absolute Gasteiger partial charge is 0.251 e. The Bertz CT molecular complexity index is 1660. The predicted molar refractivity (Wildman–Crippen MR) is 159 cm³/mol. The van der Waals surface area contributed by atoms with Crippen LogP contribution in [0.1, 0.15) is 27.0 Å². The third-order valence-corrected chi connectivity index (χ3v) is 8.13. The van der Waals surface area contributed by atoms with Gasteiger partial charge in [0.1, 0.15) is 5.82 Å². The van der Waals surface area contributed by atoms with Crippen LogP contribution in [0.2, 0.25) is 5.02 Å². The highest BCUT2D eigenvalue weighted by atomic mass is 35.5. The Balaban J connectivity index is 1.28. The van der Waals surface area contributed by atoms with Crippen molar-refractivity contribution >= 4 is 39.0 Å². The molecule has 1 aliphatic rings. The Kier molecular flexibility index (Phi) is 8.07. The molecule has 206 valence electrons. The summed E-state index contributed by atoms with van der Waals surface area (Å²) in [6.45, 7) is 4.84. The number of amides is 1. The van der Waals surface area contributed by atoms with Gasteiger partial charge in [-0.1, -0.05) is 41.9 Å². The van der Waals surface area contributed by atoms with Crippen molar-refractivity contribution in [1.82, 2.24) is 10.3 Å². The average Bonchev–Trinajstić information content (AvgIpc) is 2.95. The molecule has 3 aromatic carbocycles. The molecule has 0 fully saturated rings. The summed E-state index contributed by atoms with van der Waals surface area (Å²) in [5.41, 5.74) is 6.62. The molecule has 8 nitrogen and oxygen atoms in total. The Labute approximate surface area is 239 Å². The summed E-state index contributed by atoms with van der Waals surface area (Å²) < 4.78 is 22.9. The summed E-state index contributed by atoms with van der Waals surface area (Å²) >= 11 is 6.26. The van der Waals surface area contributed by atoms with Crippen molar-refractivity contribution in [3.63, 3.8) is 0 Å². The number of halogens is 1. The Hall–Kier alpha value is -3.92. The van der Waals surface area contributed by atoms with E-state index in [0.29, 0.717) is 18.5 Å². The van der Waals surface area contributed by atoms with E-state index in [1.54, 1.807) is 18.2 Å². The largest absolute Gasteiger partial charge is 0.367 e. The molecule has 0 aliphatic carbocycles. The quantitative estimate of drug-likeness (QED) is 0.279. The van der Waals surface area contributed by atoms with Crippen LogP contribution >= 0.6 is 11.6 Å². The molecule has 40 heavy (non-hydrogen) atoms. The van der Waals surface area contributed by atoms with Crippen molar-refractivity contribution in [3.8, 4) is 11.1 Å². The van der Waals surface area contributed by atoms with Gasteiger partial charge in [-0.3, -0.25) is 4.79 Å². The molecule has 10 heteroatoms. The van der Waals surface area contributed by atoms with E-state index in [1.807, 2.05) is 42.6 Å². The van der Waals surface area contributed by atoms with Crippen LogP contribution in [0.4, 0.5) is 11.5 Å². The van der Waals surface area contributed by atoms with Gasteiger partial charge in [0.25, 0.3) is 5.91 Å². The number of benzene rings is 3. The number of primary sulfonamides is 1. The van der Waals surface area contributed by atoms with Gasteiger partial charge >= 0.3 is 0 Å². The first-order chi connectivity index (χ1) is 19.2. The van der Waals surface area contributed by atoms with Crippen molar-refractivity contribution < 1.29 is 13.2 Å². The first-order valence-electron chi connectivity index (χ1n) is 12.9. The fourth-order valence-electron chi connectivity index (χ4n) is 4.71. The van der Waals surface area contributed by atoms with Gasteiger partial charge in [-0.05, 0) is 78.1 Å². The fourth-order valence-corrected chi connectivity index (χ4v) is 5.42. The number of aromatic nitrogens is 1. The molecule has 5 rings (SSSR count). The first-order valence-corrected chi connectivity index (χ1v) is 14.8. The summed E-state index contributed by atoms with van der Waals surface area (Å²) in [6, 6.07) is 21.9. The molecule has 0 saturated heterocycles. The molecule has 4 aromatic rings. The van der Waals surface area contributed by atoms with E-state index in [-0.39, 0.29) is 10.8 Å². The standard InChI is InChI=1S/C30H30ClN5O3S/c1-20-5-8-26(31)16-25(20)19-36-14-13-33-29-28(36)17-24(18-35-29)22-3-2-4-23(15-22)30(37)34-12-11-21-6-9-27(10-7-21)40(32,38)39/h2-10,15-18H,11-14,19H2,1H3,(H,33,35)(H,34,37)(H2,32,38,39). The van der Waals surface area contributed by atoms with E-state index in [2.05, 4.69) is 33.5 Å². The zero-order valence-corrected chi connectivity index (χ0v) is 23.6. The van der Waals surface area contributed by atoms with Crippen LogP contribution in [0.25, 0.3) is 11.1 Å². The molecule has 0 unspecified atom stereocenters. The number of carbonyl (C=O) groups excluding carboxylic acids is 1. The lowest BCUT2D eigenvalue weighted by atomic mass is 10.0. The number of hydrogen-bond donors (Lipinski definition) is 3. The molecule has 2 heterocycles. The van der Waals surface area contributed by atoms with Crippen LogP contribution in [0.5, 0.6) is 0 Å². The van der Waals surface area contributed by atoms with Crippen molar-refractivity contribution in [2.45, 2.75) is 24.8 Å². The second kappa shape index (κ2) is 11.7. The number of nitrogens with one attached hydrogen (secondary N) is 2. The van der Waals surface area contributed by atoms with Crippen LogP contribution in [-0.4, -0.2) is 38.9 Å². The monoisotopic (exact) mass is 575 g/mol. The number of rotatable bonds is 8. The van der Waals surface area contributed by atoms with Gasteiger partial charge in [0, 0.05) is 48.5 Å². The van der Waals surface area contributed by atoms with E-state index in [9.17, 15) is 13.2 Å². The number of nitrogens with two attached hydrogens (primary N) is 1. The number of hydrogen-bond acceptors (Lipinski definition) is 6. The molecular formula is C30H30ClN5O3S. The number of carbonyl (C=O) groups is 1. The first kappa shape index (κ1) is 27.6. The summed E-state index contributed by atoms with van der Waals surface area (Å²) in [7, 11) is -3.73. The number of anilines is 2. The number of pyridine rings is 1. The van der Waals surface area contributed by atoms with Crippen LogP contribution in [0.15, 0.2) is 83.9 Å². The van der Waals surface area contributed by atoms with Gasteiger partial charge in [-0.25, -0.2) is 18.5 Å². The molecule has 0 radical (unpaired) electrons. The molecule has 0 spiro atoms. The highest BCUT2D eigenvalue weighted by Crippen LogP contribution is 2.33. The average molecular weight is 576 g/mol. The zero-order valence-electron chi connectivity index (χ0n) is 22.0. The maximum atomic E-state index is 12.9. The van der Waals surface area contributed by atoms with Gasteiger partial charge in [-0.2, -0.15) is 0 Å². The lowest BCUT2D eigenvalue weighted by Crippen LogP contribution is -2.34. The minimum atomic E-state index is -3.73. The SMILES string of the molecule is Cc1ccc(Cl)cc1CN1CCNc2ncc(-c3cccc(C(=O)NCCc4ccc(S(N)(=O)=O)cc4)c3)cc21. The lowest BCUT2D eigenvalue weighted by Gasteiger charge is -2.32. The van der Waals surface area contributed by atoms with Gasteiger partial charge in [0.2, 0.25) is 10.0 Å². The van der Waals surface area contributed by atoms with E-state index >= 15 is 0 Å². The molecule has 4 N–H and O–H groups in total. The minimum Gasteiger partial charge on any atom is -0.367 e. The molecule has 1 aliphatic heterocycles. The van der Waals surface area contributed by atoms with Crippen LogP contribution in [0.3, 0.4) is 0 Å². The van der Waals surface area contributed by atoms with Gasteiger partial charge in [0.15, 0.2) is 0 Å². The molecule has 0 bridgehead atoms. The zero-order chi connectivity index (χ0) is 28.3. The third-order valence-electron chi connectivity index (χ3n) is 6.96. The van der Waals surface area contributed by atoms with Crippen molar-refractivity contribution in [3.05, 3.63) is 106 Å². The number of fused-ring (bicyclic) bond motifs is 1. The Morgan fingerprint density at radius 2 is 1.88 bits per heavy atom. The van der Waals surface area contributed by atoms with Crippen LogP contribution in [-0.2, 0) is 23.0 Å². The maximum Gasteiger partial charge on any atom is 0.251 e. The number of sulfonamides is 1. The highest BCUT2D eigenvalue weighted by Gasteiger charge is 2.20. The minimum absolute atomic E-state index is 0.0623. The van der Waals surface area contributed by atoms with Crippen molar-refractivity contribution in [2.24, 2.45) is 5.14 Å². The number of aryl methyl sites for hydroxylation is 1. The van der Waals surface area contributed by atoms with E-state index in [1.165, 1.54) is 23.3 Å². The Morgan fingerprint density at radius 1 is 1.07 bits per heavy atom. The molecule has 0 atom stereocenters. The fraction of sp³-hybridized carbons (Fsp3) is 0.200. The summed E-state index contributed by atoms with van der Waals surface area (Å²) in [4.78, 5) is 19.9. The van der Waals surface area contributed by atoms with Gasteiger partial charge in [0.05, 0.1) is 10.6 Å². The van der Waals surface area contributed by atoms with Crippen molar-refractivity contribution in [2.75, 3.05) is 29.9 Å². The highest BCUT2D eigenvalue weighted by molar-refractivity contribution is 7.89. The molecule has 1 aromatic heterocycles. The van der Waals surface area contributed by atoms with Crippen LogP contribution in [0, 0.1) is 6.92 Å². The topological polar surface area (TPSA) is 117 Å². The summed E-state index contributed by atoms with van der Waals surface area (Å²) in [6.07, 6.45) is 2.38.